The largest absolute Gasteiger partial charge is 0.357 e. The van der Waals surface area contributed by atoms with Crippen LogP contribution >= 0.6 is 0 Å². The lowest BCUT2D eigenvalue weighted by Crippen LogP contribution is -2.44. The molecule has 5 heteroatoms. The molecule has 2 N–H and O–H groups in total. The number of guanidine groups is 1. The molecule has 1 aromatic heterocycles. The van der Waals surface area contributed by atoms with E-state index in [9.17, 15) is 0 Å². The lowest BCUT2D eigenvalue weighted by molar-refractivity contribution is 0.250. The van der Waals surface area contributed by atoms with Crippen molar-refractivity contribution in [3.8, 4) is 0 Å². The molecule has 144 valence electrons. The van der Waals surface area contributed by atoms with Crippen molar-refractivity contribution in [3.05, 3.63) is 23.9 Å². The van der Waals surface area contributed by atoms with E-state index in [0.717, 1.165) is 43.2 Å². The van der Waals surface area contributed by atoms with E-state index in [2.05, 4.69) is 51.5 Å². The van der Waals surface area contributed by atoms with Crippen molar-refractivity contribution < 1.29 is 0 Å². The van der Waals surface area contributed by atoms with Crippen molar-refractivity contribution in [3.63, 3.8) is 0 Å². The van der Waals surface area contributed by atoms with Gasteiger partial charge in [-0.1, -0.05) is 19.9 Å². The van der Waals surface area contributed by atoms with Gasteiger partial charge in [-0.15, -0.1) is 0 Å². The summed E-state index contributed by atoms with van der Waals surface area (Å²) in [6, 6.07) is 4.87. The molecule has 0 aromatic carbocycles. The highest BCUT2D eigenvalue weighted by Crippen LogP contribution is 2.29. The van der Waals surface area contributed by atoms with Crippen LogP contribution in [0.3, 0.4) is 0 Å². The first-order valence-corrected chi connectivity index (χ1v) is 10.3. The van der Waals surface area contributed by atoms with Gasteiger partial charge in [0, 0.05) is 38.9 Å². The van der Waals surface area contributed by atoms with Crippen molar-refractivity contribution in [1.82, 2.24) is 15.6 Å². The molecule has 3 rings (SSSR count). The Hall–Kier alpha value is -1.78. The highest BCUT2D eigenvalue weighted by atomic mass is 15.2. The number of anilines is 1. The molecule has 0 atom stereocenters. The minimum Gasteiger partial charge on any atom is -0.357 e. The second-order valence-electron chi connectivity index (χ2n) is 8.14. The predicted octanol–water partition coefficient (Wildman–Crippen LogP) is 3.56. The molecule has 2 aliphatic rings. The quantitative estimate of drug-likeness (QED) is 0.625. The summed E-state index contributed by atoms with van der Waals surface area (Å²) in [5.74, 6) is 3.71. The molecule has 0 unspecified atom stereocenters. The molecule has 5 nitrogen and oxygen atoms in total. The van der Waals surface area contributed by atoms with Gasteiger partial charge in [0.05, 0.1) is 0 Å². The lowest BCUT2D eigenvalue weighted by Gasteiger charge is -2.32. The van der Waals surface area contributed by atoms with Crippen LogP contribution in [0.25, 0.3) is 0 Å². The monoisotopic (exact) mass is 357 g/mol. The van der Waals surface area contributed by atoms with Crippen molar-refractivity contribution in [2.45, 2.75) is 65.0 Å². The maximum Gasteiger partial charge on any atom is 0.191 e. The molecule has 0 radical (unpaired) electrons. The van der Waals surface area contributed by atoms with Crippen LogP contribution < -0.4 is 15.5 Å². The normalized spacial score (nSPS) is 24.2. The molecule has 0 spiro atoms. The zero-order valence-corrected chi connectivity index (χ0v) is 16.7. The molecule has 1 aliphatic carbocycles. The van der Waals surface area contributed by atoms with E-state index in [1.165, 1.54) is 44.1 Å². The molecule has 1 saturated heterocycles. The number of pyridine rings is 1. The molecule has 1 aliphatic heterocycles. The molecule has 1 aromatic rings. The second kappa shape index (κ2) is 9.24. The summed E-state index contributed by atoms with van der Waals surface area (Å²) >= 11 is 0. The highest BCUT2D eigenvalue weighted by Gasteiger charge is 2.23. The molecule has 26 heavy (non-hydrogen) atoms. The Labute approximate surface area is 158 Å². The number of hydrogen-bond donors (Lipinski definition) is 2. The van der Waals surface area contributed by atoms with E-state index in [-0.39, 0.29) is 0 Å². The summed E-state index contributed by atoms with van der Waals surface area (Å²) in [4.78, 5) is 11.4. The third-order valence-corrected chi connectivity index (χ3v) is 5.98. The van der Waals surface area contributed by atoms with E-state index >= 15 is 0 Å². The van der Waals surface area contributed by atoms with Crippen molar-refractivity contribution in [1.29, 1.82) is 0 Å². The van der Waals surface area contributed by atoms with E-state index < -0.39 is 0 Å². The minimum atomic E-state index is 0.548. The van der Waals surface area contributed by atoms with Crippen molar-refractivity contribution in [2.75, 3.05) is 25.0 Å². The van der Waals surface area contributed by atoms with Gasteiger partial charge in [0.25, 0.3) is 0 Å². The van der Waals surface area contributed by atoms with E-state index in [1.807, 2.05) is 13.2 Å². The summed E-state index contributed by atoms with van der Waals surface area (Å²) in [5.41, 5.74) is 1.19. The first-order chi connectivity index (χ1) is 12.7. The first kappa shape index (κ1) is 19.0. The summed E-state index contributed by atoms with van der Waals surface area (Å²) < 4.78 is 0. The van der Waals surface area contributed by atoms with Gasteiger partial charge in [-0.25, -0.2) is 4.98 Å². The predicted molar refractivity (Wildman–Crippen MR) is 110 cm³/mol. The Morgan fingerprint density at radius 2 is 1.92 bits per heavy atom. The van der Waals surface area contributed by atoms with Gasteiger partial charge >= 0.3 is 0 Å². The Morgan fingerprint density at radius 1 is 1.19 bits per heavy atom. The maximum atomic E-state index is 4.63. The van der Waals surface area contributed by atoms with Gasteiger partial charge in [-0.05, 0) is 62.0 Å². The van der Waals surface area contributed by atoms with Gasteiger partial charge < -0.3 is 15.5 Å². The molecule has 2 heterocycles. The molecule has 0 bridgehead atoms. The van der Waals surface area contributed by atoms with Gasteiger partial charge in [-0.2, -0.15) is 0 Å². The van der Waals surface area contributed by atoms with Gasteiger partial charge in [0.15, 0.2) is 5.96 Å². The summed E-state index contributed by atoms with van der Waals surface area (Å²) in [5, 5.41) is 7.04. The van der Waals surface area contributed by atoms with Crippen molar-refractivity contribution in [2.24, 2.45) is 16.8 Å². The lowest BCUT2D eigenvalue weighted by atomic mass is 9.80. The van der Waals surface area contributed by atoms with Crippen LogP contribution in [0.1, 0.15) is 57.9 Å². The fourth-order valence-electron chi connectivity index (χ4n) is 4.16. The van der Waals surface area contributed by atoms with E-state index in [4.69, 9.17) is 0 Å². The zero-order valence-electron chi connectivity index (χ0n) is 16.7. The van der Waals surface area contributed by atoms with E-state index in [1.54, 1.807) is 0 Å². The second-order valence-corrected chi connectivity index (χ2v) is 8.14. The third kappa shape index (κ3) is 5.12. The molecule has 2 fully saturated rings. The van der Waals surface area contributed by atoms with Crippen LogP contribution in [0, 0.1) is 11.8 Å². The number of rotatable bonds is 5. The zero-order chi connectivity index (χ0) is 18.4. The van der Waals surface area contributed by atoms with Crippen LogP contribution in [0.5, 0.6) is 0 Å². The van der Waals surface area contributed by atoms with Gasteiger partial charge in [0.2, 0.25) is 0 Å². The van der Waals surface area contributed by atoms with E-state index in [0.29, 0.717) is 6.04 Å². The Kier molecular flexibility index (Phi) is 6.75. The van der Waals surface area contributed by atoms with Crippen LogP contribution in [-0.2, 0) is 6.54 Å². The molecule has 0 amide bonds. The van der Waals surface area contributed by atoms with Crippen molar-refractivity contribution >= 4 is 11.8 Å². The average molecular weight is 358 g/mol. The summed E-state index contributed by atoms with van der Waals surface area (Å²) in [7, 11) is 1.85. The third-order valence-electron chi connectivity index (χ3n) is 5.98. The summed E-state index contributed by atoms with van der Waals surface area (Å²) in [6.07, 6.45) is 9.70. The topological polar surface area (TPSA) is 52.6 Å². The number of nitrogens with zero attached hydrogens (tertiary/aromatic N) is 3. The SMILES string of the molecule is CN=C(NCc1ccc(N2CCCC2)nc1)NC1CCC(C(C)C)CC1. The standard InChI is InChI=1S/C21H35N5/c1-16(2)18-7-9-19(10-8-18)25-21(22-3)24-15-17-6-11-20(23-14-17)26-12-4-5-13-26/h6,11,14,16,18-19H,4-5,7-10,12-13,15H2,1-3H3,(H2,22,24,25). The smallest absolute Gasteiger partial charge is 0.191 e. The number of aromatic nitrogens is 1. The Morgan fingerprint density at radius 3 is 2.50 bits per heavy atom. The van der Waals surface area contributed by atoms with Crippen LogP contribution in [0.4, 0.5) is 5.82 Å². The Balaban J connectivity index is 1.44. The highest BCUT2D eigenvalue weighted by molar-refractivity contribution is 5.79. The van der Waals surface area contributed by atoms with Crippen LogP contribution in [0.15, 0.2) is 23.3 Å². The van der Waals surface area contributed by atoms with Crippen LogP contribution in [-0.4, -0.2) is 37.1 Å². The number of aliphatic imine (C=N–C) groups is 1. The molecular formula is C21H35N5. The fourth-order valence-corrected chi connectivity index (χ4v) is 4.16. The average Bonchev–Trinajstić information content (AvgIpc) is 3.20. The minimum absolute atomic E-state index is 0.548. The van der Waals surface area contributed by atoms with Crippen LogP contribution in [0.2, 0.25) is 0 Å². The van der Waals surface area contributed by atoms with Gasteiger partial charge in [-0.3, -0.25) is 4.99 Å². The summed E-state index contributed by atoms with van der Waals surface area (Å²) in [6.45, 7) is 7.73. The number of nitrogens with one attached hydrogen (secondary N) is 2. The number of hydrogen-bond acceptors (Lipinski definition) is 3. The van der Waals surface area contributed by atoms with Gasteiger partial charge in [0.1, 0.15) is 5.82 Å². The molecular weight excluding hydrogens is 322 g/mol. The fraction of sp³-hybridized carbons (Fsp3) is 0.714. The Bertz CT molecular complexity index is 567. The maximum absolute atomic E-state index is 4.63. The first-order valence-electron chi connectivity index (χ1n) is 10.3. The molecule has 1 saturated carbocycles.